The number of carbonyl (C=O) groups is 1. The molecule has 0 atom stereocenters. The highest BCUT2D eigenvalue weighted by atomic mass is 35.5. The van der Waals surface area contributed by atoms with Crippen LogP contribution in [0.5, 0.6) is 0 Å². The smallest absolute Gasteiger partial charge is 0.339 e. The quantitative estimate of drug-likeness (QED) is 0.893. The second kappa shape index (κ2) is 4.02. The van der Waals surface area contributed by atoms with Gasteiger partial charge >= 0.3 is 5.97 Å². The van der Waals surface area contributed by atoms with Gasteiger partial charge in [-0.2, -0.15) is 5.10 Å². The van der Waals surface area contributed by atoms with Crippen LogP contribution in [-0.2, 0) is 6.54 Å². The summed E-state index contributed by atoms with van der Waals surface area (Å²) in [4.78, 5) is 10.8. The molecule has 0 aromatic carbocycles. The van der Waals surface area contributed by atoms with Gasteiger partial charge in [-0.25, -0.2) is 4.79 Å². The first-order chi connectivity index (χ1) is 7.59. The minimum Gasteiger partial charge on any atom is -0.478 e. The average Bonchev–Trinajstić information content (AvgIpc) is 2.80. The molecule has 0 spiro atoms. The van der Waals surface area contributed by atoms with Crippen LogP contribution in [0.25, 0.3) is 0 Å². The lowest BCUT2D eigenvalue weighted by Gasteiger charge is -2.02. The zero-order valence-electron chi connectivity index (χ0n) is 8.48. The summed E-state index contributed by atoms with van der Waals surface area (Å²) in [5.41, 5.74) is 0.917. The van der Waals surface area contributed by atoms with Crippen LogP contribution in [0.15, 0.2) is 22.9 Å². The molecule has 0 unspecified atom stereocenters. The Morgan fingerprint density at radius 2 is 2.44 bits per heavy atom. The third-order valence-corrected chi connectivity index (χ3v) is 2.68. The van der Waals surface area contributed by atoms with E-state index in [1.807, 2.05) is 0 Å². The second-order valence-corrected chi connectivity index (χ2v) is 3.71. The van der Waals surface area contributed by atoms with Crippen molar-refractivity contribution in [1.29, 1.82) is 0 Å². The van der Waals surface area contributed by atoms with Crippen LogP contribution in [0, 0.1) is 6.92 Å². The van der Waals surface area contributed by atoms with E-state index in [-0.39, 0.29) is 12.1 Å². The topological polar surface area (TPSA) is 68.3 Å². The summed E-state index contributed by atoms with van der Waals surface area (Å²) in [6, 6.07) is 1.41. The molecule has 0 saturated carbocycles. The predicted octanol–water partition coefficient (Wildman–Crippen LogP) is 2.18. The number of furan rings is 1. The third kappa shape index (κ3) is 1.81. The molecule has 0 radical (unpaired) electrons. The third-order valence-electron chi connectivity index (χ3n) is 2.31. The standard InChI is InChI=1S/C10H9ClN2O3/c1-6-8(11)4-12-13(6)5-9-7(10(14)15)2-3-16-9/h2-4H,5H2,1H3,(H,14,15). The van der Waals surface area contributed by atoms with Gasteiger partial charge in [-0.15, -0.1) is 0 Å². The van der Waals surface area contributed by atoms with Crippen LogP contribution in [0.4, 0.5) is 0 Å². The zero-order chi connectivity index (χ0) is 11.7. The maximum Gasteiger partial charge on any atom is 0.339 e. The Balaban J connectivity index is 2.30. The Labute approximate surface area is 96.2 Å². The lowest BCUT2D eigenvalue weighted by molar-refractivity contribution is 0.0694. The Morgan fingerprint density at radius 1 is 1.69 bits per heavy atom. The molecule has 2 aromatic rings. The highest BCUT2D eigenvalue weighted by Gasteiger charge is 2.15. The van der Waals surface area contributed by atoms with Crippen LogP contribution in [0.1, 0.15) is 21.8 Å². The Bertz CT molecular complexity index is 530. The van der Waals surface area contributed by atoms with Crippen molar-refractivity contribution in [3.05, 3.63) is 40.6 Å². The van der Waals surface area contributed by atoms with Gasteiger partial charge in [0, 0.05) is 0 Å². The zero-order valence-corrected chi connectivity index (χ0v) is 9.23. The minimum absolute atomic E-state index is 0.144. The summed E-state index contributed by atoms with van der Waals surface area (Å²) < 4.78 is 6.70. The van der Waals surface area contributed by atoms with E-state index in [1.54, 1.807) is 11.6 Å². The molecule has 0 bridgehead atoms. The molecule has 0 fully saturated rings. The monoisotopic (exact) mass is 240 g/mol. The van der Waals surface area contributed by atoms with Gasteiger partial charge in [-0.1, -0.05) is 11.6 Å². The molecule has 5 nitrogen and oxygen atoms in total. The summed E-state index contributed by atoms with van der Waals surface area (Å²) in [5, 5.41) is 13.5. The maximum atomic E-state index is 10.8. The minimum atomic E-state index is -1.01. The van der Waals surface area contributed by atoms with E-state index >= 15 is 0 Å². The fourth-order valence-electron chi connectivity index (χ4n) is 1.37. The number of halogens is 1. The van der Waals surface area contributed by atoms with Crippen molar-refractivity contribution < 1.29 is 14.3 Å². The largest absolute Gasteiger partial charge is 0.478 e. The molecular formula is C10H9ClN2O3. The van der Waals surface area contributed by atoms with Gasteiger partial charge in [0.05, 0.1) is 23.2 Å². The Morgan fingerprint density at radius 3 is 3.00 bits per heavy atom. The first-order valence-electron chi connectivity index (χ1n) is 4.57. The van der Waals surface area contributed by atoms with Crippen LogP contribution in [-0.4, -0.2) is 20.9 Å². The highest BCUT2D eigenvalue weighted by molar-refractivity contribution is 6.31. The fourth-order valence-corrected chi connectivity index (χ4v) is 1.51. The van der Waals surface area contributed by atoms with Crippen molar-refractivity contribution in [2.45, 2.75) is 13.5 Å². The van der Waals surface area contributed by atoms with Crippen LogP contribution in [0.3, 0.4) is 0 Å². The van der Waals surface area contributed by atoms with Gasteiger partial charge in [0.25, 0.3) is 0 Å². The van der Waals surface area contributed by atoms with E-state index in [4.69, 9.17) is 21.1 Å². The van der Waals surface area contributed by atoms with Crippen molar-refractivity contribution in [2.24, 2.45) is 0 Å². The van der Waals surface area contributed by atoms with Gasteiger partial charge in [0.1, 0.15) is 17.9 Å². The van der Waals surface area contributed by atoms with E-state index in [2.05, 4.69) is 5.10 Å². The molecular weight excluding hydrogens is 232 g/mol. The summed E-state index contributed by atoms with van der Waals surface area (Å²) in [6.45, 7) is 2.06. The molecule has 84 valence electrons. The van der Waals surface area contributed by atoms with Crippen molar-refractivity contribution in [2.75, 3.05) is 0 Å². The van der Waals surface area contributed by atoms with Crippen molar-refractivity contribution in [3.63, 3.8) is 0 Å². The van der Waals surface area contributed by atoms with Crippen molar-refractivity contribution in [1.82, 2.24) is 9.78 Å². The number of rotatable bonds is 3. The normalized spacial score (nSPS) is 10.6. The number of hydrogen-bond acceptors (Lipinski definition) is 3. The predicted molar refractivity (Wildman–Crippen MR) is 56.7 cm³/mol. The molecule has 1 N–H and O–H groups in total. The summed E-state index contributed by atoms with van der Waals surface area (Å²) in [5.74, 6) is -0.657. The van der Waals surface area contributed by atoms with Gasteiger partial charge in [-0.05, 0) is 13.0 Å². The van der Waals surface area contributed by atoms with Crippen molar-refractivity contribution >= 4 is 17.6 Å². The lowest BCUT2D eigenvalue weighted by atomic mass is 10.2. The van der Waals surface area contributed by atoms with Gasteiger partial charge in [0.2, 0.25) is 0 Å². The summed E-state index contributed by atoms with van der Waals surface area (Å²) >= 11 is 5.84. The van der Waals surface area contributed by atoms with E-state index in [0.29, 0.717) is 10.8 Å². The molecule has 2 aromatic heterocycles. The average molecular weight is 241 g/mol. The number of nitrogens with zero attached hydrogens (tertiary/aromatic N) is 2. The molecule has 0 saturated heterocycles. The maximum absolute atomic E-state index is 10.8. The van der Waals surface area contributed by atoms with Gasteiger partial charge in [0.15, 0.2) is 0 Å². The molecule has 2 heterocycles. The van der Waals surface area contributed by atoms with Crippen LogP contribution < -0.4 is 0 Å². The summed E-state index contributed by atoms with van der Waals surface area (Å²) in [6.07, 6.45) is 2.86. The molecule has 0 amide bonds. The first-order valence-corrected chi connectivity index (χ1v) is 4.95. The van der Waals surface area contributed by atoms with Crippen molar-refractivity contribution in [3.8, 4) is 0 Å². The highest BCUT2D eigenvalue weighted by Crippen LogP contribution is 2.17. The molecule has 16 heavy (non-hydrogen) atoms. The molecule has 0 aliphatic carbocycles. The summed E-state index contributed by atoms with van der Waals surface area (Å²) in [7, 11) is 0. The SMILES string of the molecule is Cc1c(Cl)cnn1Cc1occc1C(=O)O. The van der Waals surface area contributed by atoms with E-state index < -0.39 is 5.97 Å². The molecule has 2 rings (SSSR count). The molecule has 0 aliphatic rings. The number of carboxylic acid groups (broad SMARTS) is 1. The first kappa shape index (κ1) is 10.8. The second-order valence-electron chi connectivity index (χ2n) is 3.30. The Kier molecular flexibility index (Phi) is 2.70. The number of hydrogen-bond donors (Lipinski definition) is 1. The number of aromatic carboxylic acids is 1. The Hall–Kier alpha value is -1.75. The van der Waals surface area contributed by atoms with Crippen LogP contribution >= 0.6 is 11.6 Å². The van der Waals surface area contributed by atoms with E-state index in [1.165, 1.54) is 18.5 Å². The van der Waals surface area contributed by atoms with E-state index in [9.17, 15) is 4.79 Å². The lowest BCUT2D eigenvalue weighted by Crippen LogP contribution is -2.07. The molecule has 6 heteroatoms. The van der Waals surface area contributed by atoms with Crippen LogP contribution in [0.2, 0.25) is 5.02 Å². The number of aromatic nitrogens is 2. The van der Waals surface area contributed by atoms with E-state index in [0.717, 1.165) is 5.69 Å². The van der Waals surface area contributed by atoms with Gasteiger partial charge < -0.3 is 9.52 Å². The molecule has 0 aliphatic heterocycles. The number of carboxylic acids is 1. The fraction of sp³-hybridized carbons (Fsp3) is 0.200. The van der Waals surface area contributed by atoms with Gasteiger partial charge in [-0.3, -0.25) is 4.68 Å².